The molecule has 0 spiro atoms. The fourth-order valence-electron chi connectivity index (χ4n) is 2.29. The Hall–Kier alpha value is -1.23. The Morgan fingerprint density at radius 1 is 1.26 bits per heavy atom. The van der Waals surface area contributed by atoms with Gasteiger partial charge in [-0.15, -0.1) is 11.3 Å². The van der Waals surface area contributed by atoms with E-state index in [0.29, 0.717) is 23.1 Å². The lowest BCUT2D eigenvalue weighted by molar-refractivity contribution is 0.287. The molecule has 23 heavy (non-hydrogen) atoms. The zero-order valence-electron chi connectivity index (χ0n) is 13.7. The lowest BCUT2D eigenvalue weighted by Gasteiger charge is -2.14. The van der Waals surface area contributed by atoms with Gasteiger partial charge in [0.2, 0.25) is 0 Å². The van der Waals surface area contributed by atoms with Crippen LogP contribution in [0.1, 0.15) is 36.6 Å². The monoisotopic (exact) mass is 353 g/mol. The smallest absolute Gasteiger partial charge is 0.180 e. The summed E-state index contributed by atoms with van der Waals surface area (Å²) in [6.45, 7) is 4.51. The Labute approximate surface area is 147 Å². The van der Waals surface area contributed by atoms with Crippen molar-refractivity contribution in [2.45, 2.75) is 39.3 Å². The van der Waals surface area contributed by atoms with E-state index in [2.05, 4.69) is 12.2 Å². The molecule has 0 aliphatic heterocycles. The van der Waals surface area contributed by atoms with Crippen molar-refractivity contribution >= 4 is 22.9 Å². The molecule has 0 bridgehead atoms. The van der Waals surface area contributed by atoms with E-state index in [1.54, 1.807) is 18.4 Å². The van der Waals surface area contributed by atoms with E-state index >= 15 is 0 Å². The second kappa shape index (κ2) is 9.81. The summed E-state index contributed by atoms with van der Waals surface area (Å²) in [5.41, 5.74) is 1.10. The number of nitrogens with one attached hydrogen (secondary N) is 1. The highest BCUT2D eigenvalue weighted by atomic mass is 35.5. The summed E-state index contributed by atoms with van der Waals surface area (Å²) in [6.07, 6.45) is 3.69. The van der Waals surface area contributed by atoms with E-state index in [1.807, 2.05) is 29.6 Å². The number of methoxy groups -OCH3 is 1. The molecule has 0 radical (unpaired) electrons. The van der Waals surface area contributed by atoms with E-state index in [9.17, 15) is 0 Å². The third-order valence-electron chi connectivity index (χ3n) is 3.51. The van der Waals surface area contributed by atoms with Crippen LogP contribution < -0.4 is 14.8 Å². The first-order chi connectivity index (χ1) is 11.2. The number of halogens is 1. The molecule has 3 nitrogen and oxygen atoms in total. The van der Waals surface area contributed by atoms with E-state index in [0.717, 1.165) is 23.5 Å². The molecule has 126 valence electrons. The Bertz CT molecular complexity index is 587. The van der Waals surface area contributed by atoms with Crippen molar-refractivity contribution in [3.05, 3.63) is 45.1 Å². The third kappa shape index (κ3) is 5.72. The molecule has 5 heteroatoms. The fourth-order valence-corrected chi connectivity index (χ4v) is 3.19. The van der Waals surface area contributed by atoms with Gasteiger partial charge in [0.05, 0.1) is 12.1 Å². The summed E-state index contributed by atoms with van der Waals surface area (Å²) in [5.74, 6) is 1.29. The second-order valence-corrected chi connectivity index (χ2v) is 6.80. The van der Waals surface area contributed by atoms with E-state index in [-0.39, 0.29) is 0 Å². The average Bonchev–Trinajstić information content (AvgIpc) is 3.06. The number of ether oxygens (including phenoxy) is 2. The number of thiophene rings is 1. The maximum absolute atomic E-state index is 6.39. The molecule has 0 amide bonds. The zero-order chi connectivity index (χ0) is 16.5. The van der Waals surface area contributed by atoms with E-state index in [1.165, 1.54) is 19.3 Å². The van der Waals surface area contributed by atoms with Crippen molar-refractivity contribution in [2.75, 3.05) is 13.7 Å². The summed E-state index contributed by atoms with van der Waals surface area (Å²) in [5, 5.41) is 6.06. The van der Waals surface area contributed by atoms with Gasteiger partial charge in [0, 0.05) is 11.4 Å². The summed E-state index contributed by atoms with van der Waals surface area (Å²) >= 11 is 8.05. The number of unbranched alkanes of at least 4 members (excludes halogenated alkanes) is 2. The first-order valence-corrected chi connectivity index (χ1v) is 9.22. The van der Waals surface area contributed by atoms with Gasteiger partial charge in [-0.25, -0.2) is 0 Å². The molecule has 0 unspecified atom stereocenters. The molecule has 1 aromatic heterocycles. The van der Waals surface area contributed by atoms with Crippen LogP contribution in [-0.4, -0.2) is 13.7 Å². The molecule has 2 rings (SSSR count). The summed E-state index contributed by atoms with van der Waals surface area (Å²) in [6, 6.07) is 7.98. The third-order valence-corrected chi connectivity index (χ3v) is 4.64. The molecule has 1 heterocycles. The topological polar surface area (TPSA) is 30.5 Å². The van der Waals surface area contributed by atoms with Crippen LogP contribution in [0.3, 0.4) is 0 Å². The van der Waals surface area contributed by atoms with Gasteiger partial charge in [0.15, 0.2) is 11.5 Å². The molecule has 2 aromatic rings. The van der Waals surface area contributed by atoms with Crippen molar-refractivity contribution in [1.82, 2.24) is 5.32 Å². The van der Waals surface area contributed by atoms with Crippen molar-refractivity contribution in [1.29, 1.82) is 0 Å². The van der Waals surface area contributed by atoms with Crippen LogP contribution in [0.4, 0.5) is 0 Å². The maximum atomic E-state index is 6.39. The fraction of sp³-hybridized carbons (Fsp3) is 0.444. The normalized spacial score (nSPS) is 10.7. The Balaban J connectivity index is 1.97. The molecule has 0 atom stereocenters. The molecule has 0 fully saturated rings. The van der Waals surface area contributed by atoms with Gasteiger partial charge < -0.3 is 14.8 Å². The van der Waals surface area contributed by atoms with Gasteiger partial charge in [-0.05, 0) is 42.1 Å². The molecule has 1 aromatic carbocycles. The van der Waals surface area contributed by atoms with E-state index < -0.39 is 0 Å². The van der Waals surface area contributed by atoms with Crippen LogP contribution in [0, 0.1) is 0 Å². The minimum atomic E-state index is 0.502. The standard InChI is InChI=1S/C18H24ClNO2S/c1-3-4-5-8-20-12-14-10-16(19)18(17(11-14)21-2)22-13-15-7-6-9-23-15/h6-7,9-11,20H,3-5,8,12-13H2,1-2H3. The molecule has 1 N–H and O–H groups in total. The molecular weight excluding hydrogens is 330 g/mol. The van der Waals surface area contributed by atoms with Crippen LogP contribution in [0.25, 0.3) is 0 Å². The molecular formula is C18H24ClNO2S. The van der Waals surface area contributed by atoms with Gasteiger partial charge in [-0.1, -0.05) is 37.4 Å². The molecule has 0 saturated carbocycles. The number of hydrogen-bond donors (Lipinski definition) is 1. The van der Waals surface area contributed by atoms with Crippen LogP contribution in [-0.2, 0) is 13.2 Å². The minimum Gasteiger partial charge on any atom is -0.493 e. The maximum Gasteiger partial charge on any atom is 0.180 e. The summed E-state index contributed by atoms with van der Waals surface area (Å²) < 4.78 is 11.3. The lowest BCUT2D eigenvalue weighted by Crippen LogP contribution is -2.14. The number of benzene rings is 1. The van der Waals surface area contributed by atoms with Gasteiger partial charge in [-0.3, -0.25) is 0 Å². The number of rotatable bonds is 10. The van der Waals surface area contributed by atoms with Gasteiger partial charge >= 0.3 is 0 Å². The summed E-state index contributed by atoms with van der Waals surface area (Å²) in [7, 11) is 1.64. The van der Waals surface area contributed by atoms with Crippen molar-refractivity contribution < 1.29 is 9.47 Å². The van der Waals surface area contributed by atoms with Gasteiger partial charge in [-0.2, -0.15) is 0 Å². The quantitative estimate of drug-likeness (QED) is 0.590. The highest BCUT2D eigenvalue weighted by molar-refractivity contribution is 7.09. The highest BCUT2D eigenvalue weighted by Gasteiger charge is 2.12. The van der Waals surface area contributed by atoms with Gasteiger partial charge in [0.1, 0.15) is 6.61 Å². The largest absolute Gasteiger partial charge is 0.493 e. The molecule has 0 aliphatic carbocycles. The van der Waals surface area contributed by atoms with Crippen molar-refractivity contribution in [3.8, 4) is 11.5 Å². The highest BCUT2D eigenvalue weighted by Crippen LogP contribution is 2.37. The predicted molar refractivity (Wildman–Crippen MR) is 97.9 cm³/mol. The van der Waals surface area contributed by atoms with Crippen LogP contribution in [0.15, 0.2) is 29.6 Å². The Morgan fingerprint density at radius 2 is 2.13 bits per heavy atom. The van der Waals surface area contributed by atoms with Crippen molar-refractivity contribution in [3.63, 3.8) is 0 Å². The Kier molecular flexibility index (Phi) is 7.72. The SMILES string of the molecule is CCCCCNCc1cc(Cl)c(OCc2cccs2)c(OC)c1. The first kappa shape index (κ1) is 18.1. The second-order valence-electron chi connectivity index (χ2n) is 5.36. The molecule has 0 aliphatic rings. The van der Waals surface area contributed by atoms with Crippen molar-refractivity contribution in [2.24, 2.45) is 0 Å². The van der Waals surface area contributed by atoms with E-state index in [4.69, 9.17) is 21.1 Å². The number of hydrogen-bond acceptors (Lipinski definition) is 4. The molecule has 0 saturated heterocycles. The lowest BCUT2D eigenvalue weighted by atomic mass is 10.2. The zero-order valence-corrected chi connectivity index (χ0v) is 15.3. The van der Waals surface area contributed by atoms with Crippen LogP contribution >= 0.6 is 22.9 Å². The first-order valence-electron chi connectivity index (χ1n) is 7.97. The summed E-state index contributed by atoms with van der Waals surface area (Å²) in [4.78, 5) is 1.16. The predicted octanol–water partition coefficient (Wildman–Crippen LogP) is 5.27. The van der Waals surface area contributed by atoms with Crippen LogP contribution in [0.2, 0.25) is 5.02 Å². The Morgan fingerprint density at radius 3 is 2.83 bits per heavy atom. The minimum absolute atomic E-state index is 0.502. The van der Waals surface area contributed by atoms with Gasteiger partial charge in [0.25, 0.3) is 0 Å². The van der Waals surface area contributed by atoms with Crippen LogP contribution in [0.5, 0.6) is 11.5 Å². The average molecular weight is 354 g/mol.